The Labute approximate surface area is 254 Å². The SMILES string of the molecule is O=C([O-])C(C(=O)[O-])c1ccccc1.O=C([O-])C(C(=O)[O-])c1ccccc1.O=C([O-])C(C(=O)[O-])c1ccccc1.[Fe+3].[Fe+3]. The second kappa shape index (κ2) is 19.6. The van der Waals surface area contributed by atoms with Gasteiger partial charge in [0.2, 0.25) is 0 Å². The van der Waals surface area contributed by atoms with E-state index in [1.807, 2.05) is 0 Å². The molecule has 0 bridgehead atoms. The van der Waals surface area contributed by atoms with Gasteiger partial charge in [-0.3, -0.25) is 0 Å². The smallest absolute Gasteiger partial charge is 0.549 e. The minimum Gasteiger partial charge on any atom is -0.549 e. The van der Waals surface area contributed by atoms with Crippen LogP contribution in [0.25, 0.3) is 0 Å². The minimum absolute atomic E-state index is 0. The third kappa shape index (κ3) is 12.9. The van der Waals surface area contributed by atoms with E-state index in [2.05, 4.69) is 0 Å². The molecule has 3 aromatic carbocycles. The van der Waals surface area contributed by atoms with Crippen LogP contribution in [0.2, 0.25) is 0 Å². The number of hydrogen-bond donors (Lipinski definition) is 0. The molecule has 0 unspecified atom stereocenters. The van der Waals surface area contributed by atoms with Crippen LogP contribution in [0.3, 0.4) is 0 Å². The van der Waals surface area contributed by atoms with Gasteiger partial charge in [0.25, 0.3) is 0 Å². The number of carbonyl (C=O) groups excluding carboxylic acids is 6. The first-order chi connectivity index (χ1) is 18.4. The molecule has 0 saturated heterocycles. The summed E-state index contributed by atoms with van der Waals surface area (Å²) in [6.45, 7) is 0. The number of aliphatic carboxylic acids is 6. The number of carboxylic acid groups (broad SMARTS) is 6. The average Bonchev–Trinajstić information content (AvgIpc) is 2.85. The van der Waals surface area contributed by atoms with Crippen LogP contribution < -0.4 is 30.6 Å². The van der Waals surface area contributed by atoms with Crippen molar-refractivity contribution in [1.82, 2.24) is 0 Å². The zero-order valence-electron chi connectivity index (χ0n) is 20.5. The van der Waals surface area contributed by atoms with Gasteiger partial charge in [-0.25, -0.2) is 0 Å². The molecule has 0 fully saturated rings. The predicted molar refractivity (Wildman–Crippen MR) is 118 cm³/mol. The molecule has 12 nitrogen and oxygen atoms in total. The molecule has 41 heavy (non-hydrogen) atoms. The largest absolute Gasteiger partial charge is 3.00 e. The van der Waals surface area contributed by atoms with Gasteiger partial charge in [0, 0.05) is 0 Å². The molecule has 214 valence electrons. The molecule has 0 spiro atoms. The summed E-state index contributed by atoms with van der Waals surface area (Å²) in [7, 11) is 0. The molecule has 0 aromatic heterocycles. The zero-order chi connectivity index (χ0) is 29.5. The summed E-state index contributed by atoms with van der Waals surface area (Å²) >= 11 is 0. The molecule has 0 heterocycles. The van der Waals surface area contributed by atoms with E-state index >= 15 is 0 Å². The maximum Gasteiger partial charge on any atom is 3.00 e. The van der Waals surface area contributed by atoms with Crippen LogP contribution in [0, 0.1) is 0 Å². The third-order valence-electron chi connectivity index (χ3n) is 4.81. The Hall–Kier alpha value is -4.48. The van der Waals surface area contributed by atoms with E-state index in [4.69, 9.17) is 0 Å². The molecule has 0 saturated carbocycles. The zero-order valence-corrected chi connectivity index (χ0v) is 22.7. The molecule has 3 aromatic rings. The van der Waals surface area contributed by atoms with Gasteiger partial charge >= 0.3 is 34.1 Å². The second-order valence-corrected chi connectivity index (χ2v) is 7.45. The first-order valence-electron chi connectivity index (χ1n) is 10.8. The fourth-order valence-electron chi connectivity index (χ4n) is 3.04. The number of carbonyl (C=O) groups is 6. The summed E-state index contributed by atoms with van der Waals surface area (Å²) in [6, 6.07) is 22.7. The second-order valence-electron chi connectivity index (χ2n) is 7.45. The van der Waals surface area contributed by atoms with Crippen molar-refractivity contribution in [3.63, 3.8) is 0 Å². The summed E-state index contributed by atoms with van der Waals surface area (Å²) in [5.41, 5.74) is 0.465. The maximum absolute atomic E-state index is 10.4. The van der Waals surface area contributed by atoms with Crippen LogP contribution in [0.1, 0.15) is 34.4 Å². The van der Waals surface area contributed by atoms with Crippen LogP contribution >= 0.6 is 0 Å². The average molecular weight is 646 g/mol. The Morgan fingerprint density at radius 3 is 0.610 bits per heavy atom. The van der Waals surface area contributed by atoms with Crippen LogP contribution in [-0.2, 0) is 62.9 Å². The maximum atomic E-state index is 10.4. The number of carboxylic acids is 6. The number of rotatable bonds is 9. The first-order valence-corrected chi connectivity index (χ1v) is 10.8. The molecule has 0 aliphatic rings. The molecule has 0 amide bonds. The topological polar surface area (TPSA) is 241 Å². The van der Waals surface area contributed by atoms with Gasteiger partial charge in [-0.2, -0.15) is 0 Å². The molecule has 2 radical (unpaired) electrons. The van der Waals surface area contributed by atoms with E-state index < -0.39 is 53.6 Å². The Balaban J connectivity index is 0. The van der Waals surface area contributed by atoms with Crippen molar-refractivity contribution < 1.29 is 93.5 Å². The molecule has 14 heteroatoms. The van der Waals surface area contributed by atoms with Gasteiger partial charge in [0.15, 0.2) is 0 Å². The molecule has 0 aliphatic heterocycles. The van der Waals surface area contributed by atoms with Crippen molar-refractivity contribution in [3.05, 3.63) is 108 Å². The van der Waals surface area contributed by atoms with Crippen molar-refractivity contribution in [2.75, 3.05) is 0 Å². The van der Waals surface area contributed by atoms with E-state index in [0.29, 0.717) is 0 Å². The van der Waals surface area contributed by atoms with Crippen molar-refractivity contribution in [3.8, 4) is 0 Å². The van der Waals surface area contributed by atoms with E-state index in [9.17, 15) is 59.4 Å². The van der Waals surface area contributed by atoms with Crippen molar-refractivity contribution in [2.24, 2.45) is 0 Å². The predicted octanol–water partition coefficient (Wildman–Crippen LogP) is -5.19. The van der Waals surface area contributed by atoms with Gasteiger partial charge in [0.1, 0.15) is 0 Å². The van der Waals surface area contributed by atoms with Gasteiger partial charge in [-0.1, -0.05) is 91.0 Å². The number of hydrogen-bond acceptors (Lipinski definition) is 12. The molecule has 0 N–H and O–H groups in total. The summed E-state index contributed by atoms with van der Waals surface area (Å²) < 4.78 is 0. The normalized spacial score (nSPS) is 9.44. The Morgan fingerprint density at radius 2 is 0.488 bits per heavy atom. The molecule has 0 aliphatic carbocycles. The van der Waals surface area contributed by atoms with Crippen molar-refractivity contribution >= 4 is 35.8 Å². The van der Waals surface area contributed by atoms with Gasteiger partial charge in [-0.05, 0) is 16.7 Å². The minimum atomic E-state index is -1.69. The Morgan fingerprint density at radius 1 is 0.341 bits per heavy atom. The standard InChI is InChI=1S/3C9H8O4.2Fe/c3*10-8(11)7(9(12)13)6-4-2-1-3-5-6;;/h3*1-5,7H,(H,10,11)(H,12,13);;/q;;;2*+3/p-6. The number of benzene rings is 3. The molecular formula is C27H18Fe2O12. The Kier molecular flexibility index (Phi) is 18.4. The fourth-order valence-corrected chi connectivity index (χ4v) is 3.04. The summed E-state index contributed by atoms with van der Waals surface area (Å²) in [5.74, 6) is -15.0. The van der Waals surface area contributed by atoms with Gasteiger partial charge in [-0.15, -0.1) is 0 Å². The van der Waals surface area contributed by atoms with E-state index in [-0.39, 0.29) is 50.8 Å². The van der Waals surface area contributed by atoms with Crippen molar-refractivity contribution in [1.29, 1.82) is 0 Å². The quantitative estimate of drug-likeness (QED) is 0.157. The monoisotopic (exact) mass is 646 g/mol. The van der Waals surface area contributed by atoms with E-state index in [1.165, 1.54) is 36.4 Å². The summed E-state index contributed by atoms with van der Waals surface area (Å²) in [6.07, 6.45) is 0. The van der Waals surface area contributed by atoms with Gasteiger partial charge < -0.3 is 59.4 Å². The van der Waals surface area contributed by atoms with E-state index in [0.717, 1.165) is 0 Å². The van der Waals surface area contributed by atoms with Crippen LogP contribution in [0.5, 0.6) is 0 Å². The van der Waals surface area contributed by atoms with Gasteiger partial charge in [0.05, 0.1) is 53.6 Å². The molecular weight excluding hydrogens is 628 g/mol. The third-order valence-corrected chi connectivity index (χ3v) is 4.81. The van der Waals surface area contributed by atoms with Crippen LogP contribution in [0.15, 0.2) is 91.0 Å². The molecule has 0 atom stereocenters. The van der Waals surface area contributed by atoms with Crippen LogP contribution in [-0.4, -0.2) is 35.8 Å². The fraction of sp³-hybridized carbons (Fsp3) is 0.111. The summed E-state index contributed by atoms with van der Waals surface area (Å²) in [4.78, 5) is 62.5. The first kappa shape index (κ1) is 38.7. The van der Waals surface area contributed by atoms with Crippen molar-refractivity contribution in [2.45, 2.75) is 17.8 Å². The van der Waals surface area contributed by atoms with E-state index in [1.54, 1.807) is 54.6 Å². The Bertz CT molecular complexity index is 1080. The summed E-state index contributed by atoms with van der Waals surface area (Å²) in [5, 5.41) is 62.5. The van der Waals surface area contributed by atoms with Crippen LogP contribution in [0.4, 0.5) is 0 Å². The molecule has 3 rings (SSSR count).